The number of nitrogens with two attached hydrogens (primary N) is 1. The highest BCUT2D eigenvalue weighted by Crippen LogP contribution is 2.21. The van der Waals surface area contributed by atoms with Gasteiger partial charge in [0.1, 0.15) is 5.75 Å². The fourth-order valence-corrected chi connectivity index (χ4v) is 3.20. The van der Waals surface area contributed by atoms with Crippen LogP contribution < -0.4 is 10.5 Å². The molecule has 0 saturated carbocycles. The number of rotatable bonds is 6. The summed E-state index contributed by atoms with van der Waals surface area (Å²) >= 11 is 0. The molecule has 1 saturated heterocycles. The Balaban J connectivity index is 2.00. The van der Waals surface area contributed by atoms with E-state index < -0.39 is 5.54 Å². The molecular formula is C19H29N3O3. The molecule has 2 rings (SSSR count). The van der Waals surface area contributed by atoms with E-state index in [2.05, 4.69) is 0 Å². The molecule has 0 bridgehead atoms. The molecule has 2 amide bonds. The van der Waals surface area contributed by atoms with Crippen LogP contribution in [0.5, 0.6) is 5.75 Å². The van der Waals surface area contributed by atoms with Gasteiger partial charge in [0, 0.05) is 26.2 Å². The number of para-hydroxylation sites is 1. The summed E-state index contributed by atoms with van der Waals surface area (Å²) in [7, 11) is 0. The molecule has 2 N–H and O–H groups in total. The van der Waals surface area contributed by atoms with Gasteiger partial charge in [0.25, 0.3) is 5.91 Å². The van der Waals surface area contributed by atoms with Gasteiger partial charge in [-0.3, -0.25) is 9.59 Å². The molecule has 1 atom stereocenters. The van der Waals surface area contributed by atoms with E-state index in [1.54, 1.807) is 28.9 Å². The van der Waals surface area contributed by atoms with Gasteiger partial charge < -0.3 is 20.3 Å². The molecule has 1 aliphatic heterocycles. The van der Waals surface area contributed by atoms with Crippen LogP contribution in [0.3, 0.4) is 0 Å². The predicted molar refractivity (Wildman–Crippen MR) is 97.6 cm³/mol. The number of hydrogen-bond donors (Lipinski definition) is 1. The number of piperazine rings is 1. The van der Waals surface area contributed by atoms with Gasteiger partial charge in [0.05, 0.1) is 17.7 Å². The van der Waals surface area contributed by atoms with Crippen LogP contribution in [-0.2, 0) is 4.79 Å². The molecule has 0 spiro atoms. The summed E-state index contributed by atoms with van der Waals surface area (Å²) in [5.74, 6) is 0.516. The Bertz CT molecular complexity index is 608. The molecule has 6 heteroatoms. The van der Waals surface area contributed by atoms with Gasteiger partial charge in [0.15, 0.2) is 0 Å². The van der Waals surface area contributed by atoms with Crippen molar-refractivity contribution in [3.05, 3.63) is 29.8 Å². The first-order chi connectivity index (χ1) is 11.9. The third-order valence-corrected chi connectivity index (χ3v) is 4.53. The largest absolute Gasteiger partial charge is 0.493 e. The van der Waals surface area contributed by atoms with E-state index in [4.69, 9.17) is 10.5 Å². The lowest BCUT2D eigenvalue weighted by molar-refractivity contribution is -0.138. The lowest BCUT2D eigenvalue weighted by Gasteiger charge is -2.38. The van der Waals surface area contributed by atoms with Crippen molar-refractivity contribution in [3.63, 3.8) is 0 Å². The van der Waals surface area contributed by atoms with Gasteiger partial charge in [-0.05, 0) is 32.4 Å². The number of hydrogen-bond acceptors (Lipinski definition) is 4. The fraction of sp³-hybridized carbons (Fsp3) is 0.579. The molecule has 1 aliphatic rings. The molecule has 6 nitrogen and oxygen atoms in total. The van der Waals surface area contributed by atoms with Crippen LogP contribution in [0.1, 0.15) is 44.0 Å². The number of nitrogens with zero attached hydrogens (tertiary/aromatic N) is 2. The topological polar surface area (TPSA) is 75.9 Å². The quantitative estimate of drug-likeness (QED) is 0.852. The minimum atomic E-state index is -0.831. The maximum Gasteiger partial charge on any atom is 0.257 e. The molecule has 1 unspecified atom stereocenters. The SMILES string of the molecule is CCCC(C)(N)C(=O)N1CCN(C(=O)c2ccccc2OCC)CC1. The third kappa shape index (κ3) is 4.51. The Morgan fingerprint density at radius 3 is 2.32 bits per heavy atom. The summed E-state index contributed by atoms with van der Waals surface area (Å²) in [6.45, 7) is 8.25. The van der Waals surface area contributed by atoms with Crippen LogP contribution in [0.25, 0.3) is 0 Å². The van der Waals surface area contributed by atoms with Crippen molar-refractivity contribution in [1.82, 2.24) is 9.80 Å². The van der Waals surface area contributed by atoms with Crippen molar-refractivity contribution in [2.24, 2.45) is 5.73 Å². The first kappa shape index (κ1) is 19.2. The number of carbonyl (C=O) groups is 2. The average Bonchev–Trinajstić information content (AvgIpc) is 2.61. The van der Waals surface area contributed by atoms with E-state index >= 15 is 0 Å². The van der Waals surface area contributed by atoms with Crippen molar-refractivity contribution < 1.29 is 14.3 Å². The highest BCUT2D eigenvalue weighted by Gasteiger charge is 2.34. The number of benzene rings is 1. The van der Waals surface area contributed by atoms with Gasteiger partial charge >= 0.3 is 0 Å². The summed E-state index contributed by atoms with van der Waals surface area (Å²) in [5, 5.41) is 0. The van der Waals surface area contributed by atoms with E-state index in [0.29, 0.717) is 50.5 Å². The standard InChI is InChI=1S/C19H29N3O3/c1-4-10-19(3,20)18(24)22-13-11-21(12-14-22)17(23)15-8-6-7-9-16(15)25-5-2/h6-9H,4-5,10-14,20H2,1-3H3. The summed E-state index contributed by atoms with van der Waals surface area (Å²) in [6, 6.07) is 7.28. The monoisotopic (exact) mass is 347 g/mol. The zero-order valence-corrected chi connectivity index (χ0v) is 15.5. The molecule has 25 heavy (non-hydrogen) atoms. The Kier molecular flexibility index (Phi) is 6.42. The lowest BCUT2D eigenvalue weighted by Crippen LogP contribution is -2.58. The van der Waals surface area contributed by atoms with Crippen molar-refractivity contribution in [2.45, 2.75) is 39.2 Å². The van der Waals surface area contributed by atoms with Crippen LogP contribution in [0, 0.1) is 0 Å². The normalized spacial score (nSPS) is 17.1. The fourth-order valence-electron chi connectivity index (χ4n) is 3.20. The molecule has 138 valence electrons. The van der Waals surface area contributed by atoms with E-state index in [0.717, 1.165) is 6.42 Å². The summed E-state index contributed by atoms with van der Waals surface area (Å²) < 4.78 is 5.55. The molecule has 1 aromatic rings. The minimum Gasteiger partial charge on any atom is -0.493 e. The van der Waals surface area contributed by atoms with Gasteiger partial charge in [-0.1, -0.05) is 25.5 Å². The van der Waals surface area contributed by atoms with Crippen LogP contribution in [-0.4, -0.2) is 59.9 Å². The molecule has 0 radical (unpaired) electrons. The Morgan fingerprint density at radius 1 is 1.12 bits per heavy atom. The molecule has 0 aliphatic carbocycles. The van der Waals surface area contributed by atoms with Crippen LogP contribution in [0.4, 0.5) is 0 Å². The van der Waals surface area contributed by atoms with E-state index in [-0.39, 0.29) is 11.8 Å². The second-order valence-electron chi connectivity index (χ2n) is 6.68. The average molecular weight is 347 g/mol. The highest BCUT2D eigenvalue weighted by atomic mass is 16.5. The maximum atomic E-state index is 12.8. The first-order valence-corrected chi connectivity index (χ1v) is 9.00. The zero-order chi connectivity index (χ0) is 18.4. The smallest absolute Gasteiger partial charge is 0.257 e. The van der Waals surface area contributed by atoms with E-state index in [1.807, 2.05) is 26.0 Å². The summed E-state index contributed by atoms with van der Waals surface area (Å²) in [4.78, 5) is 28.9. The van der Waals surface area contributed by atoms with Crippen LogP contribution >= 0.6 is 0 Å². The zero-order valence-electron chi connectivity index (χ0n) is 15.5. The van der Waals surface area contributed by atoms with Crippen molar-refractivity contribution in [2.75, 3.05) is 32.8 Å². The van der Waals surface area contributed by atoms with Crippen LogP contribution in [0.15, 0.2) is 24.3 Å². The lowest BCUT2D eigenvalue weighted by atomic mass is 9.95. The highest BCUT2D eigenvalue weighted by molar-refractivity contribution is 5.97. The predicted octanol–water partition coefficient (Wildman–Crippen LogP) is 1.89. The van der Waals surface area contributed by atoms with Crippen molar-refractivity contribution >= 4 is 11.8 Å². The van der Waals surface area contributed by atoms with Gasteiger partial charge in [0.2, 0.25) is 5.91 Å². The Labute approximate surface area is 149 Å². The first-order valence-electron chi connectivity index (χ1n) is 9.00. The van der Waals surface area contributed by atoms with Gasteiger partial charge in [-0.15, -0.1) is 0 Å². The molecule has 1 fully saturated rings. The third-order valence-electron chi connectivity index (χ3n) is 4.53. The minimum absolute atomic E-state index is 0.0313. The molecule has 1 aromatic carbocycles. The van der Waals surface area contributed by atoms with Gasteiger partial charge in [-0.25, -0.2) is 0 Å². The molecule has 0 aromatic heterocycles. The molecule has 1 heterocycles. The molecular weight excluding hydrogens is 318 g/mol. The van der Waals surface area contributed by atoms with E-state index in [9.17, 15) is 9.59 Å². The van der Waals surface area contributed by atoms with E-state index in [1.165, 1.54) is 0 Å². The van der Waals surface area contributed by atoms with Crippen LogP contribution in [0.2, 0.25) is 0 Å². The second-order valence-corrected chi connectivity index (χ2v) is 6.68. The Hall–Kier alpha value is -2.08. The van der Waals surface area contributed by atoms with Crippen molar-refractivity contribution in [3.8, 4) is 5.75 Å². The second kappa shape index (κ2) is 8.34. The maximum absolute atomic E-state index is 12.8. The number of carbonyl (C=O) groups excluding carboxylic acids is 2. The number of ether oxygens (including phenoxy) is 1. The summed E-state index contributed by atoms with van der Waals surface area (Å²) in [6.07, 6.45) is 1.53. The number of amides is 2. The van der Waals surface area contributed by atoms with Crippen molar-refractivity contribution in [1.29, 1.82) is 0 Å². The van der Waals surface area contributed by atoms with Gasteiger partial charge in [-0.2, -0.15) is 0 Å². The Morgan fingerprint density at radius 2 is 1.72 bits per heavy atom. The summed E-state index contributed by atoms with van der Waals surface area (Å²) in [5.41, 5.74) is 5.89.